The molecule has 5 heteroatoms. The normalized spacial score (nSPS) is 12.1. The summed E-state index contributed by atoms with van der Waals surface area (Å²) in [7, 11) is 0. The largest absolute Gasteiger partial charge is 0.396 e. The quantitative estimate of drug-likeness (QED) is 0.873. The summed E-state index contributed by atoms with van der Waals surface area (Å²) in [6.07, 6.45) is 4.18. The molecule has 0 aliphatic carbocycles. The van der Waals surface area contributed by atoms with Gasteiger partial charge in [-0.2, -0.15) is 5.10 Å². The molecule has 0 bridgehead atoms. The fourth-order valence-corrected chi connectivity index (χ4v) is 2.03. The maximum atomic E-state index is 11.9. The van der Waals surface area contributed by atoms with E-state index < -0.39 is 0 Å². The minimum Gasteiger partial charge on any atom is -0.396 e. The van der Waals surface area contributed by atoms with Crippen LogP contribution in [-0.2, 0) is 17.8 Å². The Balaban J connectivity index is 1.92. The summed E-state index contributed by atoms with van der Waals surface area (Å²) in [4.78, 5) is 11.9. The van der Waals surface area contributed by atoms with E-state index in [2.05, 4.69) is 41.6 Å². The first-order valence-electron chi connectivity index (χ1n) is 6.74. The van der Waals surface area contributed by atoms with E-state index in [1.807, 2.05) is 6.92 Å². The van der Waals surface area contributed by atoms with Crippen LogP contribution in [0.15, 0.2) is 36.7 Å². The molecule has 3 N–H and O–H groups in total. The molecule has 0 radical (unpaired) electrons. The van der Waals surface area contributed by atoms with Crippen LogP contribution >= 0.6 is 0 Å². The van der Waals surface area contributed by atoms with Gasteiger partial charge in [-0.05, 0) is 24.5 Å². The van der Waals surface area contributed by atoms with E-state index in [4.69, 9.17) is 5.73 Å². The SMILES string of the molecule is CCc1ccc(C(C)NC(=O)Cn2cc(N)cn2)cc1. The Bertz CT molecular complexity index is 574. The molecule has 0 saturated carbocycles. The molecule has 0 fully saturated rings. The Morgan fingerprint density at radius 3 is 2.65 bits per heavy atom. The Morgan fingerprint density at radius 1 is 1.40 bits per heavy atom. The summed E-state index contributed by atoms with van der Waals surface area (Å²) < 4.78 is 1.53. The van der Waals surface area contributed by atoms with Crippen molar-refractivity contribution in [2.45, 2.75) is 32.9 Å². The van der Waals surface area contributed by atoms with Gasteiger partial charge in [0.1, 0.15) is 6.54 Å². The predicted octanol–water partition coefficient (Wildman–Crippen LogP) is 1.91. The smallest absolute Gasteiger partial charge is 0.242 e. The van der Waals surface area contributed by atoms with Gasteiger partial charge >= 0.3 is 0 Å². The third kappa shape index (κ3) is 3.60. The van der Waals surface area contributed by atoms with E-state index in [0.717, 1.165) is 12.0 Å². The zero-order chi connectivity index (χ0) is 14.5. The van der Waals surface area contributed by atoms with Crippen LogP contribution in [0.3, 0.4) is 0 Å². The van der Waals surface area contributed by atoms with E-state index in [1.165, 1.54) is 16.4 Å². The lowest BCUT2D eigenvalue weighted by Crippen LogP contribution is -2.30. The third-order valence-electron chi connectivity index (χ3n) is 3.22. The molecule has 1 heterocycles. The number of nitrogen functional groups attached to an aromatic ring is 1. The maximum Gasteiger partial charge on any atom is 0.242 e. The number of nitrogens with zero attached hydrogens (tertiary/aromatic N) is 2. The topological polar surface area (TPSA) is 72.9 Å². The lowest BCUT2D eigenvalue weighted by atomic mass is 10.1. The summed E-state index contributed by atoms with van der Waals surface area (Å²) in [6, 6.07) is 8.25. The summed E-state index contributed by atoms with van der Waals surface area (Å²) >= 11 is 0. The fourth-order valence-electron chi connectivity index (χ4n) is 2.03. The van der Waals surface area contributed by atoms with E-state index >= 15 is 0 Å². The van der Waals surface area contributed by atoms with Crippen LogP contribution in [0.4, 0.5) is 5.69 Å². The minimum atomic E-state index is -0.0832. The number of carbonyl (C=O) groups excluding carboxylic acids is 1. The van der Waals surface area contributed by atoms with Gasteiger partial charge in [-0.1, -0.05) is 31.2 Å². The molecule has 2 rings (SSSR count). The number of hydrogen-bond acceptors (Lipinski definition) is 3. The van der Waals surface area contributed by atoms with Crippen LogP contribution in [0.25, 0.3) is 0 Å². The number of aryl methyl sites for hydroxylation is 1. The lowest BCUT2D eigenvalue weighted by Gasteiger charge is -2.14. The molecular weight excluding hydrogens is 252 g/mol. The zero-order valence-electron chi connectivity index (χ0n) is 11.8. The molecule has 1 aromatic carbocycles. The van der Waals surface area contributed by atoms with Gasteiger partial charge in [0.15, 0.2) is 0 Å². The average Bonchev–Trinajstić information content (AvgIpc) is 2.84. The van der Waals surface area contributed by atoms with Gasteiger partial charge < -0.3 is 11.1 Å². The van der Waals surface area contributed by atoms with E-state index in [1.54, 1.807) is 6.20 Å². The van der Waals surface area contributed by atoms with Crippen LogP contribution in [0.1, 0.15) is 31.0 Å². The molecule has 0 aliphatic rings. The van der Waals surface area contributed by atoms with Crippen molar-refractivity contribution >= 4 is 11.6 Å². The van der Waals surface area contributed by atoms with Crippen LogP contribution in [0, 0.1) is 0 Å². The standard InChI is InChI=1S/C15H20N4O/c1-3-12-4-6-13(7-5-12)11(2)18-15(20)10-19-9-14(16)8-17-19/h4-9,11H,3,10,16H2,1-2H3,(H,18,20). The minimum absolute atomic E-state index is 0.0266. The molecule has 1 atom stereocenters. The highest BCUT2D eigenvalue weighted by atomic mass is 16.2. The Hall–Kier alpha value is -2.30. The summed E-state index contributed by atoms with van der Waals surface area (Å²) in [6.45, 7) is 4.26. The highest BCUT2D eigenvalue weighted by Crippen LogP contribution is 2.13. The van der Waals surface area contributed by atoms with Crippen molar-refractivity contribution in [1.29, 1.82) is 0 Å². The maximum absolute atomic E-state index is 11.9. The molecule has 1 amide bonds. The van der Waals surface area contributed by atoms with E-state index in [9.17, 15) is 4.79 Å². The third-order valence-corrected chi connectivity index (χ3v) is 3.22. The lowest BCUT2D eigenvalue weighted by molar-refractivity contribution is -0.122. The molecule has 106 valence electrons. The number of carbonyl (C=O) groups is 1. The number of anilines is 1. The second kappa shape index (κ2) is 6.23. The van der Waals surface area contributed by atoms with Gasteiger partial charge in [-0.3, -0.25) is 9.48 Å². The molecule has 0 aliphatic heterocycles. The Morgan fingerprint density at radius 2 is 2.10 bits per heavy atom. The summed E-state index contributed by atoms with van der Waals surface area (Å²) in [5, 5.41) is 6.94. The number of rotatable bonds is 5. The van der Waals surface area contributed by atoms with Crippen molar-refractivity contribution in [2.24, 2.45) is 0 Å². The van der Waals surface area contributed by atoms with Gasteiger partial charge in [0.2, 0.25) is 5.91 Å². The van der Waals surface area contributed by atoms with E-state index in [0.29, 0.717) is 5.69 Å². The monoisotopic (exact) mass is 272 g/mol. The number of nitrogens with one attached hydrogen (secondary N) is 1. The van der Waals surface area contributed by atoms with Gasteiger partial charge in [-0.25, -0.2) is 0 Å². The highest BCUT2D eigenvalue weighted by molar-refractivity contribution is 5.76. The first-order valence-corrected chi connectivity index (χ1v) is 6.74. The van der Waals surface area contributed by atoms with Crippen LogP contribution < -0.4 is 11.1 Å². The van der Waals surface area contributed by atoms with Crippen molar-refractivity contribution < 1.29 is 4.79 Å². The Kier molecular flexibility index (Phi) is 4.40. The number of hydrogen-bond donors (Lipinski definition) is 2. The van der Waals surface area contributed by atoms with Crippen LogP contribution in [0.2, 0.25) is 0 Å². The summed E-state index contributed by atoms with van der Waals surface area (Å²) in [5.74, 6) is -0.0832. The molecule has 1 aromatic heterocycles. The van der Waals surface area contributed by atoms with Crippen molar-refractivity contribution in [1.82, 2.24) is 15.1 Å². The van der Waals surface area contributed by atoms with Gasteiger partial charge in [0, 0.05) is 6.20 Å². The van der Waals surface area contributed by atoms with E-state index in [-0.39, 0.29) is 18.5 Å². The molecule has 5 nitrogen and oxygen atoms in total. The molecule has 0 spiro atoms. The van der Waals surface area contributed by atoms with Crippen molar-refractivity contribution in [3.05, 3.63) is 47.8 Å². The highest BCUT2D eigenvalue weighted by Gasteiger charge is 2.10. The number of benzene rings is 1. The molecule has 20 heavy (non-hydrogen) atoms. The average molecular weight is 272 g/mol. The second-order valence-electron chi connectivity index (χ2n) is 4.86. The number of aromatic nitrogens is 2. The molecular formula is C15H20N4O. The van der Waals surface area contributed by atoms with Crippen LogP contribution in [0.5, 0.6) is 0 Å². The second-order valence-corrected chi connectivity index (χ2v) is 4.86. The van der Waals surface area contributed by atoms with Crippen LogP contribution in [-0.4, -0.2) is 15.7 Å². The number of amides is 1. The van der Waals surface area contributed by atoms with Crippen molar-refractivity contribution in [3.8, 4) is 0 Å². The molecule has 0 saturated heterocycles. The van der Waals surface area contributed by atoms with Gasteiger partial charge in [0.05, 0.1) is 17.9 Å². The molecule has 1 unspecified atom stereocenters. The first kappa shape index (κ1) is 14.1. The number of nitrogens with two attached hydrogens (primary N) is 1. The molecule has 2 aromatic rings. The van der Waals surface area contributed by atoms with Crippen molar-refractivity contribution in [3.63, 3.8) is 0 Å². The van der Waals surface area contributed by atoms with Gasteiger partial charge in [-0.15, -0.1) is 0 Å². The fraction of sp³-hybridized carbons (Fsp3) is 0.333. The van der Waals surface area contributed by atoms with Crippen molar-refractivity contribution in [2.75, 3.05) is 5.73 Å². The van der Waals surface area contributed by atoms with Gasteiger partial charge in [0.25, 0.3) is 0 Å². The predicted molar refractivity (Wildman–Crippen MR) is 79.0 cm³/mol. The summed E-state index contributed by atoms with van der Waals surface area (Å²) in [5.41, 5.74) is 8.50. The zero-order valence-corrected chi connectivity index (χ0v) is 11.8. The first-order chi connectivity index (χ1) is 9.58. The Labute approximate surface area is 118 Å².